The van der Waals surface area contributed by atoms with Crippen LogP contribution >= 0.6 is 23.2 Å². The molecule has 0 unspecified atom stereocenters. The Labute approximate surface area is 96.9 Å². The van der Waals surface area contributed by atoms with Crippen LogP contribution in [-0.4, -0.2) is 16.6 Å². The molecular formula is C11H19Cl2N. The number of aliphatic imine (C=N–C) groups is 1. The molecule has 1 aliphatic carbocycles. The van der Waals surface area contributed by atoms with E-state index in [0.29, 0.717) is 6.04 Å². The lowest BCUT2D eigenvalue weighted by Crippen LogP contribution is -2.24. The quantitative estimate of drug-likeness (QED) is 0.514. The minimum atomic E-state index is -0.794. The molecule has 1 fully saturated rings. The largest absolute Gasteiger partial charge is 0.291 e. The van der Waals surface area contributed by atoms with E-state index >= 15 is 0 Å². The number of halogens is 2. The predicted molar refractivity (Wildman–Crippen MR) is 64.6 cm³/mol. The molecule has 14 heavy (non-hydrogen) atoms. The van der Waals surface area contributed by atoms with Crippen molar-refractivity contribution in [3.63, 3.8) is 0 Å². The first-order valence-corrected chi connectivity index (χ1v) is 6.20. The highest BCUT2D eigenvalue weighted by atomic mass is 35.5. The van der Waals surface area contributed by atoms with Crippen LogP contribution in [-0.2, 0) is 0 Å². The summed E-state index contributed by atoms with van der Waals surface area (Å²) in [6, 6.07) is 0.458. The fourth-order valence-electron chi connectivity index (χ4n) is 1.58. The minimum Gasteiger partial charge on any atom is -0.291 e. The van der Waals surface area contributed by atoms with Crippen LogP contribution in [0.1, 0.15) is 46.0 Å². The number of alkyl halides is 2. The van der Waals surface area contributed by atoms with Gasteiger partial charge < -0.3 is 0 Å². The highest BCUT2D eigenvalue weighted by Gasteiger charge is 2.26. The second kappa shape index (κ2) is 5.37. The maximum Gasteiger partial charge on any atom is 0.154 e. The average Bonchev–Trinajstić information content (AvgIpc) is 2.16. The van der Waals surface area contributed by atoms with E-state index in [9.17, 15) is 0 Å². The molecule has 0 aromatic carbocycles. The van der Waals surface area contributed by atoms with Crippen molar-refractivity contribution in [3.05, 3.63) is 0 Å². The van der Waals surface area contributed by atoms with Crippen molar-refractivity contribution in [3.8, 4) is 0 Å². The van der Waals surface area contributed by atoms with Gasteiger partial charge in [-0.1, -0.05) is 56.3 Å². The van der Waals surface area contributed by atoms with Crippen LogP contribution < -0.4 is 0 Å². The van der Waals surface area contributed by atoms with Crippen molar-refractivity contribution in [2.24, 2.45) is 10.9 Å². The Bertz CT molecular complexity index is 193. The third-order valence-electron chi connectivity index (χ3n) is 2.80. The Morgan fingerprint density at radius 2 is 1.79 bits per heavy atom. The molecule has 0 radical (unpaired) electrons. The Morgan fingerprint density at radius 1 is 1.21 bits per heavy atom. The number of nitrogens with zero attached hydrogens (tertiary/aromatic N) is 1. The lowest BCUT2D eigenvalue weighted by molar-refractivity contribution is 0.443. The fraction of sp³-hybridized carbons (Fsp3) is 0.909. The molecule has 3 heteroatoms. The lowest BCUT2D eigenvalue weighted by atomic mass is 9.96. The van der Waals surface area contributed by atoms with Gasteiger partial charge in [0.15, 0.2) is 4.33 Å². The average molecular weight is 236 g/mol. The van der Waals surface area contributed by atoms with Crippen molar-refractivity contribution in [2.45, 2.75) is 56.3 Å². The Hall–Kier alpha value is 0.250. The summed E-state index contributed by atoms with van der Waals surface area (Å²) in [4.78, 5) is 4.49. The third-order valence-corrected chi connectivity index (χ3v) is 3.87. The highest BCUT2D eigenvalue weighted by Crippen LogP contribution is 2.29. The fourth-order valence-corrected chi connectivity index (χ4v) is 1.70. The molecular weight excluding hydrogens is 217 g/mol. The van der Waals surface area contributed by atoms with E-state index < -0.39 is 4.33 Å². The molecule has 0 heterocycles. The van der Waals surface area contributed by atoms with Gasteiger partial charge in [-0.15, -0.1) is 0 Å². The van der Waals surface area contributed by atoms with Gasteiger partial charge in [0.2, 0.25) is 0 Å². The van der Waals surface area contributed by atoms with Gasteiger partial charge in [0, 0.05) is 12.3 Å². The second-order valence-electron chi connectivity index (χ2n) is 4.40. The summed E-state index contributed by atoms with van der Waals surface area (Å²) < 4.78 is -0.794. The first-order chi connectivity index (χ1) is 6.52. The van der Waals surface area contributed by atoms with Gasteiger partial charge in [-0.3, -0.25) is 4.99 Å². The molecule has 0 saturated heterocycles. The normalized spacial score (nSPS) is 20.9. The van der Waals surface area contributed by atoms with Gasteiger partial charge in [0.05, 0.1) is 0 Å². The Kier molecular flexibility index (Phi) is 4.72. The molecule has 0 N–H and O–H groups in total. The SMILES string of the molecule is CC(C)C(Cl)(Cl)C=NC1CCCCC1. The summed E-state index contributed by atoms with van der Waals surface area (Å²) in [5, 5.41) is 0. The molecule has 1 saturated carbocycles. The van der Waals surface area contributed by atoms with Crippen molar-refractivity contribution in [2.75, 3.05) is 0 Å². The highest BCUT2D eigenvalue weighted by molar-refractivity contribution is 6.56. The molecule has 0 amide bonds. The van der Waals surface area contributed by atoms with Gasteiger partial charge in [-0.25, -0.2) is 0 Å². The van der Waals surface area contributed by atoms with Gasteiger partial charge in [0.25, 0.3) is 0 Å². The second-order valence-corrected chi connectivity index (χ2v) is 5.84. The number of hydrogen-bond acceptors (Lipinski definition) is 1. The Balaban J connectivity index is 2.44. The minimum absolute atomic E-state index is 0.207. The molecule has 1 nitrogen and oxygen atoms in total. The summed E-state index contributed by atoms with van der Waals surface area (Å²) in [5.41, 5.74) is 0. The topological polar surface area (TPSA) is 12.4 Å². The monoisotopic (exact) mass is 235 g/mol. The number of rotatable bonds is 3. The zero-order chi connectivity index (χ0) is 10.6. The summed E-state index contributed by atoms with van der Waals surface area (Å²) in [6.07, 6.45) is 8.05. The molecule has 0 bridgehead atoms. The van der Waals surface area contributed by atoms with E-state index in [0.717, 1.165) is 0 Å². The van der Waals surface area contributed by atoms with E-state index in [1.807, 2.05) is 13.8 Å². The molecule has 0 aliphatic heterocycles. The van der Waals surface area contributed by atoms with E-state index in [4.69, 9.17) is 23.2 Å². The summed E-state index contributed by atoms with van der Waals surface area (Å²) in [7, 11) is 0. The van der Waals surface area contributed by atoms with Crippen LogP contribution in [0.25, 0.3) is 0 Å². The predicted octanol–water partition coefficient (Wildman–Crippen LogP) is 4.22. The molecule has 0 aromatic heterocycles. The van der Waals surface area contributed by atoms with E-state index in [2.05, 4.69) is 4.99 Å². The third kappa shape index (κ3) is 3.78. The van der Waals surface area contributed by atoms with Crippen molar-refractivity contribution >= 4 is 29.4 Å². The van der Waals surface area contributed by atoms with E-state index in [1.165, 1.54) is 32.1 Å². The van der Waals surface area contributed by atoms with Crippen LogP contribution in [0.5, 0.6) is 0 Å². The van der Waals surface area contributed by atoms with Gasteiger partial charge in [0.1, 0.15) is 0 Å². The van der Waals surface area contributed by atoms with E-state index in [-0.39, 0.29) is 5.92 Å². The maximum absolute atomic E-state index is 6.11. The molecule has 0 atom stereocenters. The molecule has 0 spiro atoms. The lowest BCUT2D eigenvalue weighted by Gasteiger charge is -2.22. The molecule has 0 aromatic rings. The summed E-state index contributed by atoms with van der Waals surface area (Å²) >= 11 is 12.2. The van der Waals surface area contributed by atoms with Crippen molar-refractivity contribution < 1.29 is 0 Å². The maximum atomic E-state index is 6.11. The van der Waals surface area contributed by atoms with Crippen LogP contribution in [0.4, 0.5) is 0 Å². The first kappa shape index (κ1) is 12.3. The van der Waals surface area contributed by atoms with Gasteiger partial charge >= 0.3 is 0 Å². The Morgan fingerprint density at radius 3 is 2.29 bits per heavy atom. The first-order valence-electron chi connectivity index (χ1n) is 5.44. The van der Waals surface area contributed by atoms with Crippen LogP contribution in [0.2, 0.25) is 0 Å². The van der Waals surface area contributed by atoms with Gasteiger partial charge in [-0.05, 0) is 18.8 Å². The molecule has 1 aliphatic rings. The van der Waals surface area contributed by atoms with Crippen LogP contribution in [0.3, 0.4) is 0 Å². The molecule has 82 valence electrons. The van der Waals surface area contributed by atoms with Crippen molar-refractivity contribution in [1.29, 1.82) is 0 Å². The smallest absolute Gasteiger partial charge is 0.154 e. The van der Waals surface area contributed by atoms with E-state index in [1.54, 1.807) is 6.21 Å². The molecule has 1 rings (SSSR count). The number of hydrogen-bond donors (Lipinski definition) is 0. The van der Waals surface area contributed by atoms with Crippen LogP contribution in [0, 0.1) is 5.92 Å². The summed E-state index contributed by atoms with van der Waals surface area (Å²) in [5.74, 6) is 0.207. The standard InChI is InChI=1S/C11H19Cl2N/c1-9(2)11(12,13)8-14-10-6-4-3-5-7-10/h8-10H,3-7H2,1-2H3. The van der Waals surface area contributed by atoms with Crippen molar-refractivity contribution in [1.82, 2.24) is 0 Å². The summed E-state index contributed by atoms with van der Waals surface area (Å²) in [6.45, 7) is 4.01. The zero-order valence-electron chi connectivity index (χ0n) is 8.97. The zero-order valence-corrected chi connectivity index (χ0v) is 10.5. The van der Waals surface area contributed by atoms with Crippen LogP contribution in [0.15, 0.2) is 4.99 Å². The van der Waals surface area contributed by atoms with Gasteiger partial charge in [-0.2, -0.15) is 0 Å².